The minimum absolute atomic E-state index is 0.0324. The van der Waals surface area contributed by atoms with Gasteiger partial charge in [0.2, 0.25) is 26.6 Å². The summed E-state index contributed by atoms with van der Waals surface area (Å²) in [5.74, 6) is 1.44. The Bertz CT molecular complexity index is 1310. The van der Waals surface area contributed by atoms with Crippen LogP contribution in [-0.2, 0) is 9.84 Å². The fourth-order valence-corrected chi connectivity index (χ4v) is 5.84. The summed E-state index contributed by atoms with van der Waals surface area (Å²) in [6.07, 6.45) is 0. The molecule has 0 unspecified atom stereocenters. The summed E-state index contributed by atoms with van der Waals surface area (Å²) in [6.45, 7) is 2.68. The van der Waals surface area contributed by atoms with Crippen LogP contribution in [0.4, 0.5) is 11.6 Å². The lowest BCUT2D eigenvalue weighted by Gasteiger charge is -2.36. The minimum atomic E-state index is -3.83. The number of hydrogen-bond donors (Lipinski definition) is 0. The first-order chi connectivity index (χ1) is 16.1. The van der Waals surface area contributed by atoms with E-state index in [1.165, 1.54) is 11.3 Å². The predicted octanol–water partition coefficient (Wildman–Crippen LogP) is 4.57. The summed E-state index contributed by atoms with van der Waals surface area (Å²) in [6, 6.07) is 20.1. The Balaban J connectivity index is 1.45. The molecule has 0 amide bonds. The lowest BCUT2D eigenvalue weighted by Crippen LogP contribution is -2.46. The van der Waals surface area contributed by atoms with Gasteiger partial charge in [-0.2, -0.15) is 4.98 Å². The largest absolute Gasteiger partial charge is 0.497 e. The second-order valence-corrected chi connectivity index (χ2v) is 10.4. The summed E-state index contributed by atoms with van der Waals surface area (Å²) in [5, 5.41) is 1.88. The monoisotopic (exact) mass is 481 g/mol. The van der Waals surface area contributed by atoms with Crippen molar-refractivity contribution in [2.75, 3.05) is 43.1 Å². The number of benzene rings is 2. The topological polar surface area (TPSA) is 75.9 Å². The van der Waals surface area contributed by atoms with E-state index < -0.39 is 9.84 Å². The average Bonchev–Trinajstić information content (AvgIpc) is 3.55. The highest BCUT2D eigenvalue weighted by Gasteiger charge is 2.33. The number of piperazine rings is 1. The van der Waals surface area contributed by atoms with Gasteiger partial charge in [-0.1, -0.05) is 24.3 Å². The second kappa shape index (κ2) is 8.92. The standard InChI is InChI=1S/C24H23N3O4S2/c1-30-19-11-9-18(10-12-19)26-13-15-27(16-14-26)24-23(25-22(31-24)21-8-5-17-32-21)33(28,29)20-6-3-2-4-7-20/h2-12,17H,13-16H2,1H3. The summed E-state index contributed by atoms with van der Waals surface area (Å²) in [4.78, 5) is 9.69. The Morgan fingerprint density at radius 3 is 2.24 bits per heavy atom. The van der Waals surface area contributed by atoms with E-state index in [9.17, 15) is 8.42 Å². The van der Waals surface area contributed by atoms with E-state index in [1.54, 1.807) is 37.4 Å². The molecule has 4 aromatic rings. The second-order valence-electron chi connectivity index (χ2n) is 7.60. The molecule has 33 heavy (non-hydrogen) atoms. The van der Waals surface area contributed by atoms with E-state index in [-0.39, 0.29) is 9.92 Å². The third-order valence-electron chi connectivity index (χ3n) is 5.62. The van der Waals surface area contributed by atoms with Crippen LogP contribution in [0.2, 0.25) is 0 Å². The molecule has 1 fully saturated rings. The van der Waals surface area contributed by atoms with Gasteiger partial charge in [0.25, 0.3) is 0 Å². The van der Waals surface area contributed by atoms with Crippen molar-refractivity contribution in [2.24, 2.45) is 0 Å². The lowest BCUT2D eigenvalue weighted by atomic mass is 10.2. The number of anilines is 2. The fourth-order valence-electron chi connectivity index (χ4n) is 3.85. The van der Waals surface area contributed by atoms with E-state index in [0.717, 1.165) is 29.4 Å². The van der Waals surface area contributed by atoms with Crippen LogP contribution in [0.15, 0.2) is 86.4 Å². The quantitative estimate of drug-likeness (QED) is 0.399. The first-order valence-electron chi connectivity index (χ1n) is 10.5. The molecule has 0 spiro atoms. The van der Waals surface area contributed by atoms with Crippen LogP contribution in [0, 0.1) is 0 Å². The number of aromatic nitrogens is 1. The molecule has 0 saturated carbocycles. The molecule has 0 N–H and O–H groups in total. The van der Waals surface area contributed by atoms with Crippen molar-refractivity contribution in [3.63, 3.8) is 0 Å². The van der Waals surface area contributed by atoms with Gasteiger partial charge in [-0.3, -0.25) is 0 Å². The van der Waals surface area contributed by atoms with Crippen LogP contribution < -0.4 is 14.5 Å². The van der Waals surface area contributed by atoms with E-state index >= 15 is 0 Å². The third kappa shape index (κ3) is 4.21. The summed E-state index contributed by atoms with van der Waals surface area (Å²) in [7, 11) is -2.18. The van der Waals surface area contributed by atoms with Gasteiger partial charge in [0.1, 0.15) is 5.75 Å². The van der Waals surface area contributed by atoms with E-state index in [1.807, 2.05) is 46.7 Å². The number of sulfone groups is 1. The summed E-state index contributed by atoms with van der Waals surface area (Å²) < 4.78 is 38.2. The highest BCUT2D eigenvalue weighted by molar-refractivity contribution is 7.91. The molecule has 9 heteroatoms. The smallest absolute Gasteiger partial charge is 0.240 e. The zero-order chi connectivity index (χ0) is 22.8. The van der Waals surface area contributed by atoms with Crippen molar-refractivity contribution in [1.29, 1.82) is 0 Å². The Kier molecular flexibility index (Phi) is 5.82. The van der Waals surface area contributed by atoms with Crippen LogP contribution in [-0.4, -0.2) is 46.7 Å². The van der Waals surface area contributed by atoms with Gasteiger partial charge in [-0.05, 0) is 47.8 Å². The first kappa shape index (κ1) is 21.5. The highest BCUT2D eigenvalue weighted by atomic mass is 32.2. The normalized spacial score (nSPS) is 14.5. The molecule has 3 heterocycles. The fraction of sp³-hybridized carbons (Fsp3) is 0.208. The molecule has 0 atom stereocenters. The van der Waals surface area contributed by atoms with Crippen molar-refractivity contribution in [3.8, 4) is 16.5 Å². The Labute approximate surface area is 196 Å². The number of ether oxygens (including phenoxy) is 1. The van der Waals surface area contributed by atoms with Crippen LogP contribution >= 0.6 is 11.3 Å². The zero-order valence-corrected chi connectivity index (χ0v) is 19.7. The maximum Gasteiger partial charge on any atom is 0.240 e. The van der Waals surface area contributed by atoms with Gasteiger partial charge < -0.3 is 19.0 Å². The molecular formula is C24H23N3O4S2. The highest BCUT2D eigenvalue weighted by Crippen LogP contribution is 2.36. The minimum Gasteiger partial charge on any atom is -0.497 e. The SMILES string of the molecule is COc1ccc(N2CCN(c3oc(-c4cccs4)nc3S(=O)(=O)c3ccccc3)CC2)cc1. The number of oxazole rings is 1. The van der Waals surface area contributed by atoms with Crippen LogP contribution in [0.3, 0.4) is 0 Å². The summed E-state index contributed by atoms with van der Waals surface area (Å²) >= 11 is 1.46. The van der Waals surface area contributed by atoms with Crippen LogP contribution in [0.1, 0.15) is 0 Å². The molecule has 170 valence electrons. The van der Waals surface area contributed by atoms with Gasteiger partial charge in [0, 0.05) is 31.9 Å². The molecule has 2 aromatic heterocycles. The van der Waals surface area contributed by atoms with Gasteiger partial charge in [-0.15, -0.1) is 11.3 Å². The Morgan fingerprint density at radius 1 is 0.909 bits per heavy atom. The molecule has 1 aliphatic heterocycles. The molecule has 1 aliphatic rings. The van der Waals surface area contributed by atoms with Crippen molar-refractivity contribution >= 4 is 32.7 Å². The Hall–Kier alpha value is -3.30. The van der Waals surface area contributed by atoms with Crippen molar-refractivity contribution in [1.82, 2.24) is 4.98 Å². The molecular weight excluding hydrogens is 458 g/mol. The van der Waals surface area contributed by atoms with Crippen molar-refractivity contribution < 1.29 is 17.6 Å². The lowest BCUT2D eigenvalue weighted by molar-refractivity contribution is 0.415. The maximum absolute atomic E-state index is 13.5. The van der Waals surface area contributed by atoms with Gasteiger partial charge in [0.15, 0.2) is 0 Å². The molecule has 1 saturated heterocycles. The maximum atomic E-state index is 13.5. The Morgan fingerprint density at radius 2 is 1.61 bits per heavy atom. The van der Waals surface area contributed by atoms with Crippen LogP contribution in [0.25, 0.3) is 10.8 Å². The summed E-state index contributed by atoms with van der Waals surface area (Å²) in [5.41, 5.74) is 1.10. The van der Waals surface area contributed by atoms with E-state index in [4.69, 9.17) is 9.15 Å². The van der Waals surface area contributed by atoms with Gasteiger partial charge >= 0.3 is 0 Å². The number of nitrogens with zero attached hydrogens (tertiary/aromatic N) is 3. The number of rotatable bonds is 6. The number of thiophene rings is 1. The van der Waals surface area contributed by atoms with Gasteiger partial charge in [0.05, 0.1) is 16.9 Å². The average molecular weight is 482 g/mol. The molecule has 7 nitrogen and oxygen atoms in total. The molecule has 2 aromatic carbocycles. The van der Waals surface area contributed by atoms with E-state index in [0.29, 0.717) is 24.9 Å². The number of hydrogen-bond acceptors (Lipinski definition) is 8. The van der Waals surface area contributed by atoms with E-state index in [2.05, 4.69) is 9.88 Å². The van der Waals surface area contributed by atoms with Gasteiger partial charge in [-0.25, -0.2) is 8.42 Å². The molecule has 0 bridgehead atoms. The molecule has 0 aliphatic carbocycles. The third-order valence-corrected chi connectivity index (χ3v) is 8.15. The van der Waals surface area contributed by atoms with Crippen LogP contribution in [0.5, 0.6) is 5.75 Å². The van der Waals surface area contributed by atoms with Crippen molar-refractivity contribution in [3.05, 3.63) is 72.1 Å². The van der Waals surface area contributed by atoms with Crippen molar-refractivity contribution in [2.45, 2.75) is 9.92 Å². The first-order valence-corrected chi connectivity index (χ1v) is 12.9. The number of methoxy groups -OCH3 is 1. The molecule has 5 rings (SSSR count). The molecule has 0 radical (unpaired) electrons. The predicted molar refractivity (Wildman–Crippen MR) is 129 cm³/mol. The zero-order valence-electron chi connectivity index (χ0n) is 18.0.